The highest BCUT2D eigenvalue weighted by Gasteiger charge is 2.20. The molecule has 0 aliphatic carbocycles. The summed E-state index contributed by atoms with van der Waals surface area (Å²) in [5.74, 6) is 0. The van der Waals surface area contributed by atoms with Crippen LogP contribution in [0.15, 0.2) is 39.0 Å². The third-order valence-corrected chi connectivity index (χ3v) is 5.93. The van der Waals surface area contributed by atoms with Crippen molar-refractivity contribution < 1.29 is 8.42 Å². The summed E-state index contributed by atoms with van der Waals surface area (Å²) in [6.45, 7) is 0.505. The van der Waals surface area contributed by atoms with Gasteiger partial charge in [0.05, 0.1) is 5.69 Å². The maximum atomic E-state index is 12.4. The van der Waals surface area contributed by atoms with Gasteiger partial charge < -0.3 is 5.32 Å². The summed E-state index contributed by atoms with van der Waals surface area (Å²) in [6, 6.07) is 6.54. The van der Waals surface area contributed by atoms with E-state index >= 15 is 0 Å². The van der Waals surface area contributed by atoms with Crippen molar-refractivity contribution in [3.05, 3.63) is 44.0 Å². The minimum absolute atomic E-state index is 0.281. The number of rotatable bonds is 5. The largest absolute Gasteiger partial charge is 0.315 e. The van der Waals surface area contributed by atoms with E-state index in [0.717, 1.165) is 4.88 Å². The van der Waals surface area contributed by atoms with Crippen LogP contribution in [0.3, 0.4) is 0 Å². The SMILES string of the molecule is CNCc1sccc1S(=O)(=O)Nc1cc(Cl)ccc1Br. The molecule has 0 saturated carbocycles. The molecule has 2 N–H and O–H groups in total. The molecule has 20 heavy (non-hydrogen) atoms. The first-order valence-corrected chi connectivity index (χ1v) is 9.16. The van der Waals surface area contributed by atoms with E-state index in [1.807, 2.05) is 0 Å². The zero-order valence-corrected chi connectivity index (χ0v) is 14.5. The summed E-state index contributed by atoms with van der Waals surface area (Å²) in [4.78, 5) is 1.04. The van der Waals surface area contributed by atoms with Crippen molar-refractivity contribution in [2.45, 2.75) is 11.4 Å². The van der Waals surface area contributed by atoms with Crippen molar-refractivity contribution in [2.24, 2.45) is 0 Å². The molecule has 0 spiro atoms. The van der Waals surface area contributed by atoms with Gasteiger partial charge in [-0.25, -0.2) is 8.42 Å². The second-order valence-corrected chi connectivity index (χ2v) is 7.91. The molecule has 0 radical (unpaired) electrons. The first-order chi connectivity index (χ1) is 9.44. The zero-order chi connectivity index (χ0) is 14.8. The van der Waals surface area contributed by atoms with E-state index in [0.29, 0.717) is 21.7 Å². The molecule has 0 aliphatic heterocycles. The second-order valence-electron chi connectivity index (χ2n) is 3.97. The van der Waals surface area contributed by atoms with Gasteiger partial charge in [-0.05, 0) is 52.6 Å². The van der Waals surface area contributed by atoms with Crippen LogP contribution < -0.4 is 10.0 Å². The van der Waals surface area contributed by atoms with Gasteiger partial charge >= 0.3 is 0 Å². The van der Waals surface area contributed by atoms with Gasteiger partial charge in [0.25, 0.3) is 10.0 Å². The molecular formula is C12H12BrClN2O2S2. The average Bonchev–Trinajstić information content (AvgIpc) is 2.83. The summed E-state index contributed by atoms with van der Waals surface area (Å²) >= 11 is 10.6. The van der Waals surface area contributed by atoms with Crippen LogP contribution in [-0.2, 0) is 16.6 Å². The smallest absolute Gasteiger partial charge is 0.263 e. The van der Waals surface area contributed by atoms with Gasteiger partial charge in [0, 0.05) is 20.9 Å². The molecule has 1 aromatic carbocycles. The van der Waals surface area contributed by atoms with Crippen molar-refractivity contribution in [3.8, 4) is 0 Å². The third-order valence-electron chi connectivity index (χ3n) is 2.50. The summed E-state index contributed by atoms with van der Waals surface area (Å²) in [5.41, 5.74) is 0.416. The first-order valence-electron chi connectivity index (χ1n) is 5.63. The van der Waals surface area contributed by atoms with Gasteiger partial charge in [0.1, 0.15) is 4.90 Å². The van der Waals surface area contributed by atoms with E-state index in [9.17, 15) is 8.42 Å². The predicted molar refractivity (Wildman–Crippen MR) is 87.0 cm³/mol. The Bertz CT molecular complexity index is 716. The van der Waals surface area contributed by atoms with Crippen molar-refractivity contribution in [2.75, 3.05) is 11.8 Å². The summed E-state index contributed by atoms with van der Waals surface area (Å²) in [5, 5.41) is 5.18. The quantitative estimate of drug-likeness (QED) is 0.812. The molecule has 1 aromatic heterocycles. The highest BCUT2D eigenvalue weighted by Crippen LogP contribution is 2.30. The fourth-order valence-corrected chi connectivity index (χ4v) is 4.81. The Labute approximate surface area is 135 Å². The van der Waals surface area contributed by atoms with Crippen LogP contribution in [0, 0.1) is 0 Å². The Morgan fingerprint density at radius 2 is 2.10 bits per heavy atom. The van der Waals surface area contributed by atoms with Gasteiger partial charge in [-0.2, -0.15) is 0 Å². The van der Waals surface area contributed by atoms with Crippen LogP contribution in [0.1, 0.15) is 4.88 Å². The molecule has 0 unspecified atom stereocenters. The van der Waals surface area contributed by atoms with E-state index in [1.54, 1.807) is 36.7 Å². The topological polar surface area (TPSA) is 58.2 Å². The Morgan fingerprint density at radius 3 is 2.80 bits per heavy atom. The maximum Gasteiger partial charge on any atom is 0.263 e. The number of sulfonamides is 1. The highest BCUT2D eigenvalue weighted by molar-refractivity contribution is 9.10. The number of halogens is 2. The lowest BCUT2D eigenvalue weighted by molar-refractivity contribution is 0.600. The van der Waals surface area contributed by atoms with E-state index in [1.165, 1.54) is 11.3 Å². The monoisotopic (exact) mass is 394 g/mol. The standard InChI is InChI=1S/C12H12BrClN2O2S2/c1-15-7-11-12(4-5-19-11)20(17,18)16-10-6-8(14)2-3-9(10)13/h2-6,15-16H,7H2,1H3. The summed E-state index contributed by atoms with van der Waals surface area (Å²) < 4.78 is 28.0. The van der Waals surface area contributed by atoms with Crippen LogP contribution in [-0.4, -0.2) is 15.5 Å². The summed E-state index contributed by atoms with van der Waals surface area (Å²) in [7, 11) is -1.86. The molecule has 1 heterocycles. The lowest BCUT2D eigenvalue weighted by Crippen LogP contribution is -2.16. The number of nitrogens with one attached hydrogen (secondary N) is 2. The zero-order valence-electron chi connectivity index (χ0n) is 10.5. The average molecular weight is 396 g/mol. The number of hydrogen-bond acceptors (Lipinski definition) is 4. The Hall–Kier alpha value is -0.600. The van der Waals surface area contributed by atoms with Crippen molar-refractivity contribution in [1.29, 1.82) is 0 Å². The molecule has 0 fully saturated rings. The van der Waals surface area contributed by atoms with Gasteiger partial charge in [-0.1, -0.05) is 11.6 Å². The first kappa shape index (κ1) is 15.8. The van der Waals surface area contributed by atoms with Crippen LogP contribution in [0.5, 0.6) is 0 Å². The number of thiophene rings is 1. The van der Waals surface area contributed by atoms with E-state index in [4.69, 9.17) is 11.6 Å². The van der Waals surface area contributed by atoms with E-state index in [2.05, 4.69) is 26.0 Å². The summed E-state index contributed by atoms with van der Waals surface area (Å²) in [6.07, 6.45) is 0. The van der Waals surface area contributed by atoms with Crippen molar-refractivity contribution in [1.82, 2.24) is 5.32 Å². The fraction of sp³-hybridized carbons (Fsp3) is 0.167. The molecule has 0 amide bonds. The molecule has 108 valence electrons. The molecule has 4 nitrogen and oxygen atoms in total. The minimum atomic E-state index is -3.63. The van der Waals surface area contributed by atoms with Crippen LogP contribution in [0.4, 0.5) is 5.69 Å². The highest BCUT2D eigenvalue weighted by atomic mass is 79.9. The van der Waals surface area contributed by atoms with Crippen molar-refractivity contribution in [3.63, 3.8) is 0 Å². The molecular weight excluding hydrogens is 384 g/mol. The lowest BCUT2D eigenvalue weighted by atomic mass is 10.3. The Balaban J connectivity index is 2.36. The van der Waals surface area contributed by atoms with Gasteiger partial charge in [0.2, 0.25) is 0 Å². The second kappa shape index (κ2) is 6.44. The molecule has 0 bridgehead atoms. The van der Waals surface area contributed by atoms with Gasteiger partial charge in [-0.15, -0.1) is 11.3 Å². The number of hydrogen-bond donors (Lipinski definition) is 2. The van der Waals surface area contributed by atoms with Gasteiger partial charge in [-0.3, -0.25) is 4.72 Å². The third kappa shape index (κ3) is 3.53. The van der Waals surface area contributed by atoms with Crippen molar-refractivity contribution >= 4 is 54.6 Å². The Morgan fingerprint density at radius 1 is 1.35 bits per heavy atom. The van der Waals surface area contributed by atoms with Gasteiger partial charge in [0.15, 0.2) is 0 Å². The molecule has 0 atom stereocenters. The molecule has 0 saturated heterocycles. The molecule has 2 aromatic rings. The number of benzene rings is 1. The number of anilines is 1. The van der Waals surface area contributed by atoms with Crippen LogP contribution in [0.2, 0.25) is 5.02 Å². The normalized spacial score (nSPS) is 11.6. The van der Waals surface area contributed by atoms with E-state index < -0.39 is 10.0 Å². The van der Waals surface area contributed by atoms with Crippen LogP contribution >= 0.6 is 38.9 Å². The molecule has 2 rings (SSSR count). The molecule has 0 aliphatic rings. The Kier molecular flexibility index (Phi) is 5.09. The van der Waals surface area contributed by atoms with E-state index in [-0.39, 0.29) is 4.90 Å². The molecule has 8 heteroatoms. The lowest BCUT2D eigenvalue weighted by Gasteiger charge is -2.10. The maximum absolute atomic E-state index is 12.4. The predicted octanol–water partition coefficient (Wildman–Crippen LogP) is 3.68. The van der Waals surface area contributed by atoms with Crippen LogP contribution in [0.25, 0.3) is 0 Å². The minimum Gasteiger partial charge on any atom is -0.315 e. The fourth-order valence-electron chi connectivity index (χ4n) is 1.63.